The third-order valence-electron chi connectivity index (χ3n) is 3.32. The van der Waals surface area contributed by atoms with Gasteiger partial charge in [-0.2, -0.15) is 0 Å². The van der Waals surface area contributed by atoms with Crippen LogP contribution in [0.4, 0.5) is 0 Å². The average molecular weight is 289 g/mol. The number of hydrogen-bond donors (Lipinski definition) is 2. The number of nitrogens with two attached hydrogens (primary N) is 1. The van der Waals surface area contributed by atoms with Crippen LogP contribution in [0.25, 0.3) is 10.9 Å². The Bertz CT molecular complexity index is 640. The van der Waals surface area contributed by atoms with Crippen LogP contribution in [0.5, 0.6) is 0 Å². The Morgan fingerprint density at radius 1 is 1.30 bits per heavy atom. The molecule has 0 spiro atoms. The van der Waals surface area contributed by atoms with Gasteiger partial charge < -0.3 is 10.9 Å². The summed E-state index contributed by atoms with van der Waals surface area (Å²) in [6.07, 6.45) is 0. The van der Waals surface area contributed by atoms with E-state index in [0.717, 1.165) is 21.5 Å². The summed E-state index contributed by atoms with van der Waals surface area (Å²) in [7, 11) is 0. The summed E-state index contributed by atoms with van der Waals surface area (Å²) < 4.78 is 0. The topological polar surface area (TPSA) is 71.5 Å². The number of oxime groups is 1. The van der Waals surface area contributed by atoms with E-state index in [4.69, 9.17) is 10.9 Å². The lowest BCUT2D eigenvalue weighted by Gasteiger charge is -2.15. The Labute approximate surface area is 123 Å². The fourth-order valence-electron chi connectivity index (χ4n) is 1.80. The third kappa shape index (κ3) is 3.04. The second-order valence-electron chi connectivity index (χ2n) is 5.08. The van der Waals surface area contributed by atoms with Crippen molar-refractivity contribution < 1.29 is 5.21 Å². The van der Waals surface area contributed by atoms with Crippen molar-refractivity contribution in [2.75, 3.05) is 0 Å². The second-order valence-corrected chi connectivity index (χ2v) is 6.47. The number of pyridine rings is 1. The number of para-hydroxylation sites is 1. The zero-order valence-electron chi connectivity index (χ0n) is 11.9. The Morgan fingerprint density at radius 3 is 2.65 bits per heavy atom. The zero-order chi connectivity index (χ0) is 14.7. The van der Waals surface area contributed by atoms with Gasteiger partial charge in [0.25, 0.3) is 0 Å². The predicted octanol–water partition coefficient (Wildman–Crippen LogP) is 3.47. The molecule has 1 atom stereocenters. The molecule has 4 nitrogen and oxygen atoms in total. The maximum absolute atomic E-state index is 8.94. The van der Waals surface area contributed by atoms with Crippen LogP contribution in [0.2, 0.25) is 0 Å². The molecular weight excluding hydrogens is 270 g/mol. The van der Waals surface area contributed by atoms with Gasteiger partial charge in [-0.3, -0.25) is 0 Å². The van der Waals surface area contributed by atoms with Crippen molar-refractivity contribution in [3.8, 4) is 0 Å². The van der Waals surface area contributed by atoms with Crippen LogP contribution < -0.4 is 5.73 Å². The number of fused-ring (bicyclic) bond motifs is 1. The van der Waals surface area contributed by atoms with E-state index in [2.05, 4.69) is 30.9 Å². The zero-order valence-corrected chi connectivity index (χ0v) is 12.7. The van der Waals surface area contributed by atoms with E-state index in [1.54, 1.807) is 11.8 Å². The molecule has 1 aromatic carbocycles. The highest BCUT2D eigenvalue weighted by Crippen LogP contribution is 2.29. The average Bonchev–Trinajstić information content (AvgIpc) is 2.45. The molecule has 5 heteroatoms. The first-order chi connectivity index (χ1) is 9.52. The van der Waals surface area contributed by atoms with E-state index in [1.807, 2.05) is 30.3 Å². The van der Waals surface area contributed by atoms with Gasteiger partial charge in [-0.15, -0.1) is 11.8 Å². The van der Waals surface area contributed by atoms with Crippen LogP contribution >= 0.6 is 11.8 Å². The van der Waals surface area contributed by atoms with Crippen LogP contribution in [0, 0.1) is 5.92 Å². The quantitative estimate of drug-likeness (QED) is 0.297. The summed E-state index contributed by atoms with van der Waals surface area (Å²) in [5.41, 5.74) is 7.36. The van der Waals surface area contributed by atoms with Gasteiger partial charge in [0, 0.05) is 16.2 Å². The van der Waals surface area contributed by atoms with E-state index in [1.165, 1.54) is 0 Å². The molecule has 3 N–H and O–H groups in total. The lowest BCUT2D eigenvalue weighted by Crippen LogP contribution is -2.14. The van der Waals surface area contributed by atoms with E-state index < -0.39 is 0 Å². The van der Waals surface area contributed by atoms with Crippen molar-refractivity contribution in [1.29, 1.82) is 0 Å². The maximum Gasteiger partial charge on any atom is 0.170 e. The van der Waals surface area contributed by atoms with Crippen LogP contribution in [0.15, 0.2) is 40.5 Å². The molecule has 0 radical (unpaired) electrons. The molecule has 1 unspecified atom stereocenters. The summed E-state index contributed by atoms with van der Waals surface area (Å²) in [6, 6.07) is 9.61. The van der Waals surface area contributed by atoms with Gasteiger partial charge in [0.2, 0.25) is 0 Å². The summed E-state index contributed by atoms with van der Waals surface area (Å²) in [6.45, 7) is 6.54. The minimum atomic E-state index is 0.114. The summed E-state index contributed by atoms with van der Waals surface area (Å²) >= 11 is 1.71. The van der Waals surface area contributed by atoms with Crippen molar-refractivity contribution in [3.05, 3.63) is 35.9 Å². The Kier molecular flexibility index (Phi) is 4.49. The number of benzene rings is 1. The van der Waals surface area contributed by atoms with Gasteiger partial charge in [0.05, 0.1) is 10.5 Å². The van der Waals surface area contributed by atoms with Gasteiger partial charge in [-0.05, 0) is 18.1 Å². The first-order valence-electron chi connectivity index (χ1n) is 6.57. The fourth-order valence-corrected chi connectivity index (χ4v) is 2.79. The molecule has 2 rings (SSSR count). The Morgan fingerprint density at radius 2 is 2.00 bits per heavy atom. The van der Waals surface area contributed by atoms with E-state index in [-0.39, 0.29) is 5.84 Å². The predicted molar refractivity (Wildman–Crippen MR) is 84.4 cm³/mol. The number of thioether (sulfide) groups is 1. The monoisotopic (exact) mass is 289 g/mol. The highest BCUT2D eigenvalue weighted by Gasteiger charge is 2.14. The van der Waals surface area contributed by atoms with Gasteiger partial charge >= 0.3 is 0 Å². The highest BCUT2D eigenvalue weighted by atomic mass is 32.2. The molecule has 20 heavy (non-hydrogen) atoms. The molecule has 0 amide bonds. The molecule has 0 saturated heterocycles. The third-order valence-corrected chi connectivity index (χ3v) is 4.69. The minimum absolute atomic E-state index is 0.114. The normalized spacial score (nSPS) is 13.9. The minimum Gasteiger partial charge on any atom is -0.409 e. The SMILES string of the molecule is CC(C)C(C)Sc1cc(/C(N)=N/O)c2ccccc2n1. The molecule has 1 aromatic heterocycles. The Balaban J connectivity index is 2.53. The van der Waals surface area contributed by atoms with Gasteiger partial charge in [-0.1, -0.05) is 44.1 Å². The summed E-state index contributed by atoms with van der Waals surface area (Å²) in [4.78, 5) is 4.65. The lowest BCUT2D eigenvalue weighted by atomic mass is 10.1. The van der Waals surface area contributed by atoms with E-state index in [0.29, 0.717) is 11.2 Å². The number of hydrogen-bond acceptors (Lipinski definition) is 4. The second kappa shape index (κ2) is 6.13. The largest absolute Gasteiger partial charge is 0.409 e. The first kappa shape index (κ1) is 14.7. The maximum atomic E-state index is 8.94. The number of amidine groups is 1. The molecular formula is C15H19N3OS. The fraction of sp³-hybridized carbons (Fsp3) is 0.333. The summed E-state index contributed by atoms with van der Waals surface area (Å²) in [5.74, 6) is 0.670. The van der Waals surface area contributed by atoms with Gasteiger partial charge in [0.15, 0.2) is 5.84 Å². The molecule has 0 fully saturated rings. The molecule has 0 bridgehead atoms. The van der Waals surface area contributed by atoms with Crippen molar-refractivity contribution in [2.24, 2.45) is 16.8 Å². The van der Waals surface area contributed by atoms with Crippen LogP contribution in [-0.2, 0) is 0 Å². The number of nitrogens with zero attached hydrogens (tertiary/aromatic N) is 2. The number of rotatable bonds is 4. The van der Waals surface area contributed by atoms with Gasteiger partial charge in [0.1, 0.15) is 0 Å². The first-order valence-corrected chi connectivity index (χ1v) is 7.45. The molecule has 2 aromatic rings. The Hall–Kier alpha value is -1.75. The van der Waals surface area contributed by atoms with Crippen molar-refractivity contribution >= 4 is 28.5 Å². The standard InChI is InChI=1S/C15H19N3OS/c1-9(2)10(3)20-14-8-12(15(16)18-19)11-6-4-5-7-13(11)17-14/h4-10,19H,1-3H3,(H2,16,18). The highest BCUT2D eigenvalue weighted by molar-refractivity contribution is 7.99. The summed E-state index contributed by atoms with van der Waals surface area (Å²) in [5, 5.41) is 14.3. The van der Waals surface area contributed by atoms with Crippen LogP contribution in [-0.4, -0.2) is 21.3 Å². The lowest BCUT2D eigenvalue weighted by molar-refractivity contribution is 0.318. The van der Waals surface area contributed by atoms with Crippen LogP contribution in [0.1, 0.15) is 26.3 Å². The van der Waals surface area contributed by atoms with Crippen molar-refractivity contribution in [3.63, 3.8) is 0 Å². The van der Waals surface area contributed by atoms with E-state index >= 15 is 0 Å². The molecule has 0 aliphatic carbocycles. The van der Waals surface area contributed by atoms with Crippen LogP contribution in [0.3, 0.4) is 0 Å². The molecule has 106 valence electrons. The molecule has 1 heterocycles. The molecule has 0 aliphatic heterocycles. The molecule has 0 aliphatic rings. The van der Waals surface area contributed by atoms with Gasteiger partial charge in [-0.25, -0.2) is 4.98 Å². The molecule has 0 saturated carbocycles. The smallest absolute Gasteiger partial charge is 0.170 e. The van der Waals surface area contributed by atoms with Crippen molar-refractivity contribution in [2.45, 2.75) is 31.0 Å². The van der Waals surface area contributed by atoms with Crippen molar-refractivity contribution in [1.82, 2.24) is 4.98 Å². The number of aromatic nitrogens is 1. The van der Waals surface area contributed by atoms with E-state index in [9.17, 15) is 0 Å².